The smallest absolute Gasteiger partial charge is 0.305 e. The van der Waals surface area contributed by atoms with Gasteiger partial charge in [0.2, 0.25) is 0 Å². The second-order valence-corrected chi connectivity index (χ2v) is 5.21. The van der Waals surface area contributed by atoms with E-state index >= 15 is 0 Å². The topological polar surface area (TPSA) is 66.8 Å². The van der Waals surface area contributed by atoms with Crippen LogP contribution in [0, 0.1) is 17.8 Å². The maximum absolute atomic E-state index is 10.9. The number of aliphatic hydroxyl groups excluding tert-OH is 2. The predicted molar refractivity (Wildman–Crippen MR) is 83.4 cm³/mol. The fourth-order valence-corrected chi connectivity index (χ4v) is 1.62. The van der Waals surface area contributed by atoms with Crippen LogP contribution >= 0.6 is 0 Å². The Morgan fingerprint density at radius 2 is 2.00 bits per heavy atom. The Morgan fingerprint density at radius 1 is 1.29 bits per heavy atom. The van der Waals surface area contributed by atoms with Crippen molar-refractivity contribution in [3.63, 3.8) is 0 Å². The lowest BCUT2D eigenvalue weighted by molar-refractivity contribution is -0.140. The first-order valence-electron chi connectivity index (χ1n) is 7.23. The van der Waals surface area contributed by atoms with Crippen molar-refractivity contribution in [2.45, 2.75) is 51.7 Å². The summed E-state index contributed by atoms with van der Waals surface area (Å²) in [5, 5.41) is 19.2. The normalized spacial score (nSPS) is 14.2. The number of carbonyl (C=O) groups excluding carboxylic acids is 1. The van der Waals surface area contributed by atoms with E-state index in [2.05, 4.69) is 30.4 Å². The molecule has 0 saturated carbocycles. The first-order valence-corrected chi connectivity index (χ1v) is 7.23. The van der Waals surface area contributed by atoms with E-state index in [1.54, 1.807) is 24.3 Å². The highest BCUT2D eigenvalue weighted by Gasteiger charge is 2.03. The number of aliphatic hydroxyl groups is 2. The number of hydrogen-bond donors (Lipinski definition) is 2. The molecule has 2 N–H and O–H groups in total. The number of rotatable bonds is 8. The van der Waals surface area contributed by atoms with Gasteiger partial charge in [-0.2, -0.15) is 0 Å². The summed E-state index contributed by atoms with van der Waals surface area (Å²) in [5.74, 6) is 5.56. The molecule has 0 bridgehead atoms. The van der Waals surface area contributed by atoms with Crippen LogP contribution in [0.3, 0.4) is 0 Å². The summed E-state index contributed by atoms with van der Waals surface area (Å²) in [5.41, 5.74) is 0. The third kappa shape index (κ3) is 13.2. The van der Waals surface area contributed by atoms with Crippen molar-refractivity contribution in [3.8, 4) is 11.8 Å². The van der Waals surface area contributed by atoms with Crippen LogP contribution in [-0.4, -0.2) is 35.5 Å². The minimum atomic E-state index is -0.741. The van der Waals surface area contributed by atoms with E-state index in [0.29, 0.717) is 25.2 Å². The lowest BCUT2D eigenvalue weighted by Gasteiger charge is -2.06. The molecule has 0 radical (unpaired) electrons. The van der Waals surface area contributed by atoms with Crippen LogP contribution in [-0.2, 0) is 9.53 Å². The lowest BCUT2D eigenvalue weighted by Crippen LogP contribution is -2.05. The van der Waals surface area contributed by atoms with Crippen molar-refractivity contribution in [3.05, 3.63) is 24.3 Å². The Morgan fingerprint density at radius 3 is 2.62 bits per heavy atom. The van der Waals surface area contributed by atoms with Crippen molar-refractivity contribution >= 4 is 5.97 Å². The molecule has 4 heteroatoms. The monoisotopic (exact) mass is 294 g/mol. The summed E-state index contributed by atoms with van der Waals surface area (Å²) in [6.45, 7) is 4.11. The van der Waals surface area contributed by atoms with Crippen molar-refractivity contribution in [1.82, 2.24) is 0 Å². The van der Waals surface area contributed by atoms with Crippen LogP contribution < -0.4 is 0 Å². The van der Waals surface area contributed by atoms with E-state index in [-0.39, 0.29) is 5.97 Å². The number of ether oxygens (including phenoxy) is 1. The maximum Gasteiger partial charge on any atom is 0.305 e. The van der Waals surface area contributed by atoms with Gasteiger partial charge in [-0.1, -0.05) is 43.9 Å². The second kappa shape index (κ2) is 12.2. The van der Waals surface area contributed by atoms with Gasteiger partial charge in [-0.25, -0.2) is 0 Å². The van der Waals surface area contributed by atoms with E-state index in [0.717, 1.165) is 6.42 Å². The van der Waals surface area contributed by atoms with Crippen molar-refractivity contribution in [1.29, 1.82) is 0 Å². The SMILES string of the molecule is COC(=O)CCC[C@H](O)C#C/C=C/C=C/[C@H](O)CC(C)C. The summed E-state index contributed by atoms with van der Waals surface area (Å²) in [4.78, 5) is 10.9. The molecule has 0 aromatic heterocycles. The Hall–Kier alpha value is -1.57. The van der Waals surface area contributed by atoms with E-state index in [9.17, 15) is 15.0 Å². The molecule has 0 aromatic carbocycles. The van der Waals surface area contributed by atoms with Gasteiger partial charge in [0, 0.05) is 6.42 Å². The molecule has 0 aliphatic rings. The van der Waals surface area contributed by atoms with Gasteiger partial charge in [0.25, 0.3) is 0 Å². The molecule has 0 heterocycles. The Balaban J connectivity index is 3.91. The Labute approximate surface area is 127 Å². The quantitative estimate of drug-likeness (QED) is 0.409. The molecule has 4 nitrogen and oxygen atoms in total. The van der Waals surface area contributed by atoms with E-state index in [4.69, 9.17) is 0 Å². The molecule has 0 spiro atoms. The van der Waals surface area contributed by atoms with Crippen LogP contribution in [0.2, 0.25) is 0 Å². The number of hydrogen-bond acceptors (Lipinski definition) is 4. The summed E-state index contributed by atoms with van der Waals surface area (Å²) in [7, 11) is 1.34. The lowest BCUT2D eigenvalue weighted by atomic mass is 10.1. The number of allylic oxidation sites excluding steroid dienone is 3. The van der Waals surface area contributed by atoms with Gasteiger partial charge in [-0.05, 0) is 31.3 Å². The molecule has 0 aromatic rings. The Bertz CT molecular complexity index is 399. The highest BCUT2D eigenvalue weighted by molar-refractivity contribution is 5.68. The molecular formula is C17H26O4. The molecule has 0 unspecified atom stereocenters. The van der Waals surface area contributed by atoms with Gasteiger partial charge in [0.05, 0.1) is 13.2 Å². The van der Waals surface area contributed by atoms with Crippen molar-refractivity contribution in [2.24, 2.45) is 5.92 Å². The van der Waals surface area contributed by atoms with Gasteiger partial charge in [-0.15, -0.1) is 0 Å². The molecule has 21 heavy (non-hydrogen) atoms. The van der Waals surface area contributed by atoms with Crippen LogP contribution in [0.15, 0.2) is 24.3 Å². The highest BCUT2D eigenvalue weighted by Crippen LogP contribution is 2.05. The predicted octanol–water partition coefficient (Wildman–Crippen LogP) is 2.21. The van der Waals surface area contributed by atoms with E-state index in [1.807, 2.05) is 0 Å². The zero-order valence-corrected chi connectivity index (χ0v) is 13.1. The van der Waals surface area contributed by atoms with E-state index < -0.39 is 12.2 Å². The van der Waals surface area contributed by atoms with Gasteiger partial charge in [0.15, 0.2) is 0 Å². The average Bonchev–Trinajstić information content (AvgIpc) is 2.41. The zero-order valence-electron chi connectivity index (χ0n) is 13.1. The van der Waals surface area contributed by atoms with Gasteiger partial charge < -0.3 is 14.9 Å². The number of carbonyl (C=O) groups is 1. The fourth-order valence-electron chi connectivity index (χ4n) is 1.62. The first kappa shape index (κ1) is 19.4. The maximum atomic E-state index is 10.9. The number of esters is 1. The molecular weight excluding hydrogens is 268 g/mol. The molecule has 118 valence electrons. The molecule has 0 rings (SSSR count). The molecule has 2 atom stereocenters. The molecule has 0 aliphatic carbocycles. The summed E-state index contributed by atoms with van der Waals surface area (Å²) >= 11 is 0. The first-order chi connectivity index (χ1) is 9.95. The van der Waals surface area contributed by atoms with Crippen molar-refractivity contribution < 1.29 is 19.7 Å². The molecule has 0 fully saturated rings. The molecule has 0 amide bonds. The standard InChI is InChI=1S/C17H26O4/c1-14(2)13-16(19)10-7-5-4-6-9-15(18)11-8-12-17(20)21-3/h4-5,7,10,14-16,18-19H,8,11-13H2,1-3H3/b5-4+,10-7+/t15-,16+/m1/s1. The van der Waals surface area contributed by atoms with Crippen LogP contribution in [0.25, 0.3) is 0 Å². The van der Waals surface area contributed by atoms with Crippen LogP contribution in [0.5, 0.6) is 0 Å². The minimum Gasteiger partial charge on any atom is -0.469 e. The van der Waals surface area contributed by atoms with Gasteiger partial charge >= 0.3 is 5.97 Å². The van der Waals surface area contributed by atoms with Crippen LogP contribution in [0.4, 0.5) is 0 Å². The minimum absolute atomic E-state index is 0.278. The van der Waals surface area contributed by atoms with E-state index in [1.165, 1.54) is 7.11 Å². The largest absolute Gasteiger partial charge is 0.469 e. The highest BCUT2D eigenvalue weighted by atomic mass is 16.5. The summed E-state index contributed by atoms with van der Waals surface area (Å²) < 4.78 is 4.50. The summed E-state index contributed by atoms with van der Waals surface area (Å²) in [6.07, 6.45) is 7.63. The van der Waals surface area contributed by atoms with Crippen LogP contribution in [0.1, 0.15) is 39.5 Å². The molecule has 0 saturated heterocycles. The third-order valence-corrected chi connectivity index (χ3v) is 2.67. The second-order valence-electron chi connectivity index (χ2n) is 5.21. The third-order valence-electron chi connectivity index (χ3n) is 2.67. The summed E-state index contributed by atoms with van der Waals surface area (Å²) in [6, 6.07) is 0. The van der Waals surface area contributed by atoms with Gasteiger partial charge in [-0.3, -0.25) is 4.79 Å². The Kier molecular flexibility index (Phi) is 11.3. The average molecular weight is 294 g/mol. The fraction of sp³-hybridized carbons (Fsp3) is 0.588. The number of methoxy groups -OCH3 is 1. The molecule has 0 aliphatic heterocycles. The van der Waals surface area contributed by atoms with Crippen molar-refractivity contribution in [2.75, 3.05) is 7.11 Å². The zero-order chi connectivity index (χ0) is 16.1. The van der Waals surface area contributed by atoms with Gasteiger partial charge in [0.1, 0.15) is 6.10 Å².